The molecule has 4 aliphatic rings. The first-order valence-electron chi connectivity index (χ1n) is 15.9. The maximum Gasteiger partial charge on any atom is 0.246 e. The Balaban J connectivity index is 1.35. The molecule has 4 fully saturated rings. The Kier molecular flexibility index (Phi) is 9.01. The molecule has 2 atom stereocenters. The number of aromatic amines is 1. The molecule has 1 spiro atoms. The van der Waals surface area contributed by atoms with E-state index in [-0.39, 0.29) is 17.9 Å². The minimum absolute atomic E-state index is 0.102. The average Bonchev–Trinajstić information content (AvgIpc) is 3.27. The zero-order valence-corrected chi connectivity index (χ0v) is 24.9. The lowest BCUT2D eigenvalue weighted by atomic mass is 9.77. The number of carbonyl (C=O) groups excluding carboxylic acids is 2. The van der Waals surface area contributed by atoms with Gasteiger partial charge in [-0.15, -0.1) is 0 Å². The molecule has 0 aromatic carbocycles. The van der Waals surface area contributed by atoms with Crippen molar-refractivity contribution in [2.24, 2.45) is 11.8 Å². The summed E-state index contributed by atoms with van der Waals surface area (Å²) in [4.78, 5) is 35.0. The Morgan fingerprint density at radius 3 is 2.31 bits per heavy atom. The monoisotopic (exact) mass is 540 g/mol. The molecule has 218 valence electrons. The van der Waals surface area contributed by atoms with Crippen LogP contribution in [0.2, 0.25) is 0 Å². The van der Waals surface area contributed by atoms with Crippen molar-refractivity contribution in [3.63, 3.8) is 0 Å². The van der Waals surface area contributed by atoms with E-state index in [0.717, 1.165) is 56.8 Å². The van der Waals surface area contributed by atoms with E-state index in [1.807, 2.05) is 4.90 Å². The van der Waals surface area contributed by atoms with Crippen LogP contribution < -0.4 is 5.32 Å². The Bertz CT molecular complexity index is 966. The van der Waals surface area contributed by atoms with E-state index in [0.29, 0.717) is 37.3 Å². The molecule has 1 saturated carbocycles. The van der Waals surface area contributed by atoms with E-state index in [1.165, 1.54) is 50.5 Å². The molecule has 5 rings (SSSR count). The Morgan fingerprint density at radius 1 is 1.00 bits per heavy atom. The first kappa shape index (κ1) is 28.6. The number of amides is 2. The summed E-state index contributed by atoms with van der Waals surface area (Å²) in [5.74, 6) is 1.41. The topological polar surface area (TPSA) is 84.6 Å². The number of hydrogen-bond donors (Lipinski definition) is 2. The first-order chi connectivity index (χ1) is 18.8. The van der Waals surface area contributed by atoms with Gasteiger partial charge >= 0.3 is 0 Å². The van der Waals surface area contributed by atoms with Crippen LogP contribution in [0.25, 0.3) is 0 Å². The zero-order chi connectivity index (χ0) is 27.6. The number of likely N-dealkylation sites (tertiary alicyclic amines) is 2. The third-order valence-electron chi connectivity index (χ3n) is 10.5. The van der Waals surface area contributed by atoms with Crippen molar-refractivity contribution in [3.05, 3.63) is 17.0 Å². The SMILES string of the molecule is CCCCN1C(=O)[C@H](CC2CCCCC2)NC(=O)C12CCN(C(c1c(C)n[nH]c1C)C1CCN(C)CC1)CC2. The lowest BCUT2D eigenvalue weighted by Crippen LogP contribution is -2.73. The molecule has 1 aromatic heterocycles. The minimum Gasteiger partial charge on any atom is -0.342 e. The summed E-state index contributed by atoms with van der Waals surface area (Å²) >= 11 is 0. The molecule has 1 aliphatic carbocycles. The second kappa shape index (κ2) is 12.3. The Morgan fingerprint density at radius 2 is 1.69 bits per heavy atom. The van der Waals surface area contributed by atoms with Gasteiger partial charge in [0.2, 0.25) is 11.8 Å². The van der Waals surface area contributed by atoms with Crippen LogP contribution in [0.15, 0.2) is 0 Å². The molecule has 3 saturated heterocycles. The van der Waals surface area contributed by atoms with Crippen LogP contribution >= 0.6 is 0 Å². The maximum atomic E-state index is 14.0. The molecule has 4 heterocycles. The predicted molar refractivity (Wildman–Crippen MR) is 154 cm³/mol. The van der Waals surface area contributed by atoms with Crippen LogP contribution in [0.3, 0.4) is 0 Å². The number of piperazine rings is 1. The fourth-order valence-corrected chi connectivity index (χ4v) is 8.16. The summed E-state index contributed by atoms with van der Waals surface area (Å²) in [7, 11) is 2.22. The molecule has 39 heavy (non-hydrogen) atoms. The van der Waals surface area contributed by atoms with Crippen molar-refractivity contribution in [3.8, 4) is 0 Å². The van der Waals surface area contributed by atoms with Crippen molar-refractivity contribution in [1.82, 2.24) is 30.2 Å². The maximum absolute atomic E-state index is 14.0. The Hall–Kier alpha value is -1.93. The largest absolute Gasteiger partial charge is 0.342 e. The first-order valence-corrected chi connectivity index (χ1v) is 15.9. The van der Waals surface area contributed by atoms with Gasteiger partial charge in [-0.1, -0.05) is 45.4 Å². The highest BCUT2D eigenvalue weighted by Crippen LogP contribution is 2.43. The van der Waals surface area contributed by atoms with Crippen LogP contribution in [-0.4, -0.2) is 88.1 Å². The van der Waals surface area contributed by atoms with Gasteiger partial charge in [0.15, 0.2) is 0 Å². The number of aromatic nitrogens is 2. The van der Waals surface area contributed by atoms with E-state index in [2.05, 4.69) is 53.1 Å². The van der Waals surface area contributed by atoms with Gasteiger partial charge < -0.3 is 15.1 Å². The van der Waals surface area contributed by atoms with Gasteiger partial charge in [0.1, 0.15) is 11.6 Å². The number of carbonyl (C=O) groups is 2. The van der Waals surface area contributed by atoms with Crippen molar-refractivity contribution in [2.45, 2.75) is 115 Å². The number of unbranched alkanes of at least 4 members (excludes halogenated alkanes) is 1. The molecule has 1 aromatic rings. The minimum atomic E-state index is -0.705. The lowest BCUT2D eigenvalue weighted by Gasteiger charge is -2.53. The number of nitrogens with one attached hydrogen (secondary N) is 2. The molecular formula is C31H52N6O2. The van der Waals surface area contributed by atoms with Crippen molar-refractivity contribution >= 4 is 11.8 Å². The molecule has 1 unspecified atom stereocenters. The van der Waals surface area contributed by atoms with Gasteiger partial charge in [-0.05, 0) is 84.3 Å². The molecule has 8 heteroatoms. The number of aryl methyl sites for hydroxylation is 2. The van der Waals surface area contributed by atoms with Crippen molar-refractivity contribution in [2.75, 3.05) is 39.8 Å². The quantitative estimate of drug-likeness (QED) is 0.512. The Labute approximate surface area is 235 Å². The highest BCUT2D eigenvalue weighted by Gasteiger charge is 2.54. The summed E-state index contributed by atoms with van der Waals surface area (Å²) < 4.78 is 0. The summed E-state index contributed by atoms with van der Waals surface area (Å²) in [6.07, 6.45) is 12.8. The molecule has 8 nitrogen and oxygen atoms in total. The highest BCUT2D eigenvalue weighted by atomic mass is 16.2. The number of rotatable bonds is 8. The number of H-pyrrole nitrogens is 1. The van der Waals surface area contributed by atoms with Gasteiger partial charge in [-0.3, -0.25) is 19.6 Å². The fraction of sp³-hybridized carbons (Fsp3) is 0.839. The molecule has 2 amide bonds. The number of hydrogen-bond acceptors (Lipinski definition) is 5. The van der Waals surface area contributed by atoms with E-state index in [1.54, 1.807) is 0 Å². The fourth-order valence-electron chi connectivity index (χ4n) is 8.16. The third-order valence-corrected chi connectivity index (χ3v) is 10.5. The summed E-state index contributed by atoms with van der Waals surface area (Å²) in [6.45, 7) is 11.0. The van der Waals surface area contributed by atoms with E-state index >= 15 is 0 Å². The smallest absolute Gasteiger partial charge is 0.246 e. The third kappa shape index (κ3) is 5.79. The lowest BCUT2D eigenvalue weighted by molar-refractivity contribution is -0.162. The molecule has 0 bridgehead atoms. The summed E-state index contributed by atoms with van der Waals surface area (Å²) in [5.41, 5.74) is 2.90. The molecule has 2 N–H and O–H groups in total. The second-order valence-corrected chi connectivity index (χ2v) is 13.1. The summed E-state index contributed by atoms with van der Waals surface area (Å²) in [5, 5.41) is 11.1. The molecule has 0 radical (unpaired) electrons. The van der Waals surface area contributed by atoms with E-state index < -0.39 is 5.54 Å². The van der Waals surface area contributed by atoms with Crippen molar-refractivity contribution < 1.29 is 9.59 Å². The average molecular weight is 541 g/mol. The van der Waals surface area contributed by atoms with Crippen LogP contribution in [0.1, 0.15) is 107 Å². The van der Waals surface area contributed by atoms with Crippen LogP contribution in [-0.2, 0) is 9.59 Å². The van der Waals surface area contributed by atoms with Gasteiger partial charge in [-0.25, -0.2) is 0 Å². The highest BCUT2D eigenvalue weighted by molar-refractivity contribution is 6.00. The zero-order valence-electron chi connectivity index (χ0n) is 24.9. The van der Waals surface area contributed by atoms with Gasteiger partial charge in [0, 0.05) is 36.9 Å². The van der Waals surface area contributed by atoms with Gasteiger partial charge in [0.25, 0.3) is 0 Å². The predicted octanol–water partition coefficient (Wildman–Crippen LogP) is 4.34. The van der Waals surface area contributed by atoms with E-state index in [9.17, 15) is 9.59 Å². The normalized spacial score (nSPS) is 26.8. The number of nitrogens with zero attached hydrogens (tertiary/aromatic N) is 4. The van der Waals surface area contributed by atoms with Crippen LogP contribution in [0, 0.1) is 25.7 Å². The van der Waals surface area contributed by atoms with E-state index in [4.69, 9.17) is 0 Å². The molecule has 3 aliphatic heterocycles. The summed E-state index contributed by atoms with van der Waals surface area (Å²) in [6, 6.07) is -0.0374. The van der Waals surface area contributed by atoms with Crippen molar-refractivity contribution in [1.29, 1.82) is 0 Å². The van der Waals surface area contributed by atoms with Crippen LogP contribution in [0.5, 0.6) is 0 Å². The van der Waals surface area contributed by atoms with Gasteiger partial charge in [-0.2, -0.15) is 5.10 Å². The standard InChI is InChI=1S/C31H52N6O2/c1-5-6-16-37-29(38)26(21-24-10-8-7-9-11-24)32-30(39)31(37)14-19-36(20-15-31)28(25-12-17-35(4)18-13-25)27-22(2)33-34-23(27)3/h24-26,28H,5-21H2,1-4H3,(H,32,39)(H,33,34)/t26-,28?/m0/s1. The van der Waals surface area contributed by atoms with Gasteiger partial charge in [0.05, 0.1) is 5.69 Å². The molecular weight excluding hydrogens is 488 g/mol. The van der Waals surface area contributed by atoms with Crippen LogP contribution in [0.4, 0.5) is 0 Å². The number of piperidine rings is 2. The second-order valence-electron chi connectivity index (χ2n) is 13.1.